The highest BCUT2D eigenvalue weighted by Crippen LogP contribution is 2.33. The van der Waals surface area contributed by atoms with Crippen molar-refractivity contribution in [3.05, 3.63) is 22.7 Å². The molecule has 0 bridgehead atoms. The summed E-state index contributed by atoms with van der Waals surface area (Å²) in [5, 5.41) is 3.29. The van der Waals surface area contributed by atoms with Crippen LogP contribution in [0.3, 0.4) is 0 Å². The van der Waals surface area contributed by atoms with E-state index in [1.807, 2.05) is 4.57 Å². The van der Waals surface area contributed by atoms with E-state index >= 15 is 0 Å². The minimum atomic E-state index is 0.0428. The Bertz CT molecular complexity index is 460. The molecule has 1 heterocycles. The van der Waals surface area contributed by atoms with Gasteiger partial charge in [-0.2, -0.15) is 0 Å². The number of hydrogen-bond donors (Lipinski definition) is 1. The van der Waals surface area contributed by atoms with Gasteiger partial charge in [-0.15, -0.1) is 0 Å². The first-order valence-corrected chi connectivity index (χ1v) is 6.59. The van der Waals surface area contributed by atoms with Crippen molar-refractivity contribution < 1.29 is 0 Å². The van der Waals surface area contributed by atoms with Gasteiger partial charge < -0.3 is 9.88 Å². The van der Waals surface area contributed by atoms with E-state index in [0.29, 0.717) is 23.8 Å². The molecule has 1 N–H and O–H groups in total. The second-order valence-electron chi connectivity index (χ2n) is 5.34. The highest BCUT2D eigenvalue weighted by Gasteiger charge is 2.27. The Kier molecular flexibility index (Phi) is 2.65. The second kappa shape index (κ2) is 4.17. The lowest BCUT2D eigenvalue weighted by molar-refractivity contribution is 0.284. The third-order valence-electron chi connectivity index (χ3n) is 4.03. The first-order chi connectivity index (χ1) is 8.25. The smallest absolute Gasteiger partial charge is 0.293 e. The maximum absolute atomic E-state index is 12.2. The van der Waals surface area contributed by atoms with Gasteiger partial charge in [0.1, 0.15) is 0 Å². The molecule has 0 radical (unpaired) electrons. The Morgan fingerprint density at radius 2 is 2.18 bits per heavy atom. The molecule has 0 saturated heterocycles. The van der Waals surface area contributed by atoms with Crippen molar-refractivity contribution >= 4 is 5.82 Å². The number of anilines is 1. The number of nitrogens with one attached hydrogen (secondary N) is 1. The largest absolute Gasteiger partial charge is 0.363 e. The fourth-order valence-electron chi connectivity index (χ4n) is 2.44. The van der Waals surface area contributed by atoms with Crippen LogP contribution in [0.5, 0.6) is 0 Å². The van der Waals surface area contributed by atoms with Crippen LogP contribution < -0.4 is 10.9 Å². The summed E-state index contributed by atoms with van der Waals surface area (Å²) in [6.07, 6.45) is 9.67. The summed E-state index contributed by atoms with van der Waals surface area (Å²) in [7, 11) is 0. The lowest BCUT2D eigenvalue weighted by Crippen LogP contribution is -2.34. The predicted octanol–water partition coefficient (Wildman–Crippen LogP) is 2.18. The monoisotopic (exact) mass is 233 g/mol. The maximum Gasteiger partial charge on any atom is 0.293 e. The quantitative estimate of drug-likeness (QED) is 0.867. The van der Waals surface area contributed by atoms with Crippen LogP contribution in [0.15, 0.2) is 17.2 Å². The molecule has 2 aliphatic rings. The Labute approximate surface area is 101 Å². The molecule has 0 spiro atoms. The summed E-state index contributed by atoms with van der Waals surface area (Å²) in [6, 6.07) is 0.782. The zero-order valence-electron chi connectivity index (χ0n) is 10.2. The molecule has 4 heteroatoms. The fraction of sp³-hybridized carbons (Fsp3) is 0.692. The second-order valence-corrected chi connectivity index (χ2v) is 5.34. The average Bonchev–Trinajstić information content (AvgIpc) is 3.02. The van der Waals surface area contributed by atoms with E-state index in [2.05, 4.69) is 17.2 Å². The van der Waals surface area contributed by atoms with Crippen LogP contribution in [0.2, 0.25) is 0 Å². The molecule has 17 heavy (non-hydrogen) atoms. The summed E-state index contributed by atoms with van der Waals surface area (Å²) in [4.78, 5) is 16.3. The summed E-state index contributed by atoms with van der Waals surface area (Å²) in [5.74, 6) is 1.24. The standard InChI is InChI=1S/C13H19N3O/c1-9(10-3-2-4-10)15-12-13(17)16(8-7-14-12)11-5-6-11/h7-11H,2-6H2,1H3,(H,14,15). The van der Waals surface area contributed by atoms with E-state index in [0.717, 1.165) is 12.8 Å². The molecule has 3 rings (SSSR count). The summed E-state index contributed by atoms with van der Waals surface area (Å²) >= 11 is 0. The Hall–Kier alpha value is -1.32. The van der Waals surface area contributed by atoms with Crippen molar-refractivity contribution in [2.45, 2.75) is 51.1 Å². The molecule has 1 unspecified atom stereocenters. The van der Waals surface area contributed by atoms with E-state index < -0.39 is 0 Å². The van der Waals surface area contributed by atoms with Crippen LogP contribution >= 0.6 is 0 Å². The number of rotatable bonds is 4. The van der Waals surface area contributed by atoms with Gasteiger partial charge in [-0.1, -0.05) is 6.42 Å². The minimum absolute atomic E-state index is 0.0428. The Morgan fingerprint density at radius 3 is 2.76 bits per heavy atom. The van der Waals surface area contributed by atoms with Crippen molar-refractivity contribution in [3.8, 4) is 0 Å². The molecule has 2 saturated carbocycles. The van der Waals surface area contributed by atoms with Gasteiger partial charge in [0.15, 0.2) is 5.82 Å². The van der Waals surface area contributed by atoms with Crippen LogP contribution in [0.1, 0.15) is 45.1 Å². The lowest BCUT2D eigenvalue weighted by atomic mass is 9.80. The molecule has 0 aliphatic heterocycles. The predicted molar refractivity (Wildman–Crippen MR) is 67.2 cm³/mol. The van der Waals surface area contributed by atoms with Crippen molar-refractivity contribution in [1.82, 2.24) is 9.55 Å². The van der Waals surface area contributed by atoms with E-state index in [1.165, 1.54) is 19.3 Å². The molecular weight excluding hydrogens is 214 g/mol. The highest BCUT2D eigenvalue weighted by molar-refractivity contribution is 5.32. The first kappa shape index (κ1) is 10.8. The molecule has 92 valence electrons. The van der Waals surface area contributed by atoms with Crippen LogP contribution in [-0.4, -0.2) is 15.6 Å². The summed E-state index contributed by atoms with van der Waals surface area (Å²) in [5.41, 5.74) is 0.0428. The topological polar surface area (TPSA) is 46.9 Å². The maximum atomic E-state index is 12.2. The number of hydrogen-bond acceptors (Lipinski definition) is 3. The SMILES string of the molecule is CC(Nc1nccn(C2CC2)c1=O)C1CCC1. The summed E-state index contributed by atoms with van der Waals surface area (Å²) < 4.78 is 1.82. The van der Waals surface area contributed by atoms with Gasteiger partial charge in [-0.3, -0.25) is 4.79 Å². The van der Waals surface area contributed by atoms with E-state index in [-0.39, 0.29) is 5.56 Å². The van der Waals surface area contributed by atoms with Gasteiger partial charge in [-0.05, 0) is 38.5 Å². The Balaban J connectivity index is 1.77. The van der Waals surface area contributed by atoms with E-state index in [9.17, 15) is 4.79 Å². The fourth-order valence-corrected chi connectivity index (χ4v) is 2.44. The molecule has 0 aromatic carbocycles. The minimum Gasteiger partial charge on any atom is -0.363 e. The molecule has 2 aliphatic carbocycles. The molecule has 1 aromatic heterocycles. The van der Waals surface area contributed by atoms with Crippen LogP contribution in [0.4, 0.5) is 5.82 Å². The number of nitrogens with zero attached hydrogens (tertiary/aromatic N) is 2. The molecule has 4 nitrogen and oxygen atoms in total. The third kappa shape index (κ3) is 2.08. The molecule has 0 amide bonds. The third-order valence-corrected chi connectivity index (χ3v) is 4.03. The lowest BCUT2D eigenvalue weighted by Gasteiger charge is -2.32. The zero-order valence-corrected chi connectivity index (χ0v) is 10.2. The van der Waals surface area contributed by atoms with Gasteiger partial charge in [0, 0.05) is 24.5 Å². The van der Waals surface area contributed by atoms with E-state index in [1.54, 1.807) is 12.4 Å². The van der Waals surface area contributed by atoms with E-state index in [4.69, 9.17) is 0 Å². The zero-order chi connectivity index (χ0) is 11.8. The van der Waals surface area contributed by atoms with Gasteiger partial charge >= 0.3 is 0 Å². The van der Waals surface area contributed by atoms with Gasteiger partial charge in [0.25, 0.3) is 5.56 Å². The molecule has 1 aromatic rings. The van der Waals surface area contributed by atoms with Crippen molar-refractivity contribution in [2.75, 3.05) is 5.32 Å². The molecule has 1 atom stereocenters. The molecule has 2 fully saturated rings. The average molecular weight is 233 g/mol. The number of aromatic nitrogens is 2. The van der Waals surface area contributed by atoms with Crippen molar-refractivity contribution in [2.24, 2.45) is 5.92 Å². The highest BCUT2D eigenvalue weighted by atomic mass is 16.1. The van der Waals surface area contributed by atoms with Crippen molar-refractivity contribution in [1.29, 1.82) is 0 Å². The molecular formula is C13H19N3O. The van der Waals surface area contributed by atoms with Crippen LogP contribution in [0.25, 0.3) is 0 Å². The van der Waals surface area contributed by atoms with Gasteiger partial charge in [0.05, 0.1) is 0 Å². The van der Waals surface area contributed by atoms with Crippen LogP contribution in [0, 0.1) is 5.92 Å². The normalized spacial score (nSPS) is 21.9. The van der Waals surface area contributed by atoms with Crippen molar-refractivity contribution in [3.63, 3.8) is 0 Å². The summed E-state index contributed by atoms with van der Waals surface area (Å²) in [6.45, 7) is 2.15. The van der Waals surface area contributed by atoms with Crippen LogP contribution in [-0.2, 0) is 0 Å². The first-order valence-electron chi connectivity index (χ1n) is 6.59. The van der Waals surface area contributed by atoms with Gasteiger partial charge in [0.2, 0.25) is 0 Å². The van der Waals surface area contributed by atoms with Gasteiger partial charge in [-0.25, -0.2) is 4.98 Å². The Morgan fingerprint density at radius 1 is 1.41 bits per heavy atom.